The van der Waals surface area contributed by atoms with Crippen molar-refractivity contribution in [1.82, 2.24) is 10.3 Å². The molecule has 100 valence electrons. The molecule has 0 aliphatic carbocycles. The molecule has 0 spiro atoms. The summed E-state index contributed by atoms with van der Waals surface area (Å²) in [6, 6.07) is 3.60. The topological polar surface area (TPSA) is 63.6 Å². The third-order valence-corrected chi connectivity index (χ3v) is 2.74. The third-order valence-electron chi connectivity index (χ3n) is 2.74. The summed E-state index contributed by atoms with van der Waals surface area (Å²) in [6.45, 7) is 5.36. The van der Waals surface area contributed by atoms with Gasteiger partial charge in [0.05, 0.1) is 12.3 Å². The first-order valence-corrected chi connectivity index (χ1v) is 6.33. The second-order valence-electron chi connectivity index (χ2n) is 4.72. The maximum atomic E-state index is 9.76. The Labute approximate surface area is 107 Å². The molecule has 2 atom stereocenters. The highest BCUT2D eigenvalue weighted by Crippen LogP contribution is 2.18. The second kappa shape index (κ2) is 6.02. The molecule has 2 N–H and O–H groups in total. The first kappa shape index (κ1) is 13.1. The molecule has 1 aromatic heterocycles. The van der Waals surface area contributed by atoms with Crippen LogP contribution in [0.25, 0.3) is 0 Å². The summed E-state index contributed by atoms with van der Waals surface area (Å²) in [7, 11) is 0. The number of aliphatic hydroxyl groups excluding tert-OH is 1. The SMILES string of the molecule is CC(C)Oc1ccc(OC2CCNCC2O)nc1. The average Bonchev–Trinajstić information content (AvgIpc) is 2.34. The molecule has 0 radical (unpaired) electrons. The summed E-state index contributed by atoms with van der Waals surface area (Å²) in [5.41, 5.74) is 0. The summed E-state index contributed by atoms with van der Waals surface area (Å²) in [5, 5.41) is 12.9. The Kier molecular flexibility index (Phi) is 4.38. The quantitative estimate of drug-likeness (QED) is 0.836. The normalized spacial score (nSPS) is 24.0. The van der Waals surface area contributed by atoms with Crippen LogP contribution in [0.4, 0.5) is 0 Å². The minimum atomic E-state index is -0.479. The minimum Gasteiger partial charge on any atom is -0.489 e. The lowest BCUT2D eigenvalue weighted by molar-refractivity contribution is 0.0137. The van der Waals surface area contributed by atoms with E-state index in [4.69, 9.17) is 9.47 Å². The van der Waals surface area contributed by atoms with Crippen molar-refractivity contribution in [2.45, 2.75) is 38.6 Å². The van der Waals surface area contributed by atoms with Crippen LogP contribution in [0.3, 0.4) is 0 Å². The Morgan fingerprint density at radius 2 is 2.28 bits per heavy atom. The van der Waals surface area contributed by atoms with Gasteiger partial charge in [-0.1, -0.05) is 0 Å². The lowest BCUT2D eigenvalue weighted by Crippen LogP contribution is -2.46. The van der Waals surface area contributed by atoms with E-state index in [0.29, 0.717) is 12.4 Å². The van der Waals surface area contributed by atoms with Crippen LogP contribution in [0.5, 0.6) is 11.6 Å². The largest absolute Gasteiger partial charge is 0.489 e. The van der Waals surface area contributed by atoms with E-state index in [1.807, 2.05) is 19.9 Å². The summed E-state index contributed by atoms with van der Waals surface area (Å²) < 4.78 is 11.2. The van der Waals surface area contributed by atoms with Gasteiger partial charge in [-0.05, 0) is 32.9 Å². The lowest BCUT2D eigenvalue weighted by atomic mass is 10.1. The standard InChI is InChI=1S/C13H20N2O3/c1-9(2)17-10-3-4-13(15-7-10)18-12-5-6-14-8-11(12)16/h3-4,7,9,11-12,14,16H,5-6,8H2,1-2H3. The van der Waals surface area contributed by atoms with Crippen LogP contribution in [-0.4, -0.2) is 41.5 Å². The van der Waals surface area contributed by atoms with Crippen LogP contribution in [0, 0.1) is 0 Å². The minimum absolute atomic E-state index is 0.129. The zero-order valence-corrected chi connectivity index (χ0v) is 10.8. The lowest BCUT2D eigenvalue weighted by Gasteiger charge is -2.28. The number of hydrogen-bond donors (Lipinski definition) is 2. The number of nitrogens with one attached hydrogen (secondary N) is 1. The van der Waals surface area contributed by atoms with Crippen molar-refractivity contribution in [1.29, 1.82) is 0 Å². The highest BCUT2D eigenvalue weighted by molar-refractivity contribution is 5.23. The van der Waals surface area contributed by atoms with Gasteiger partial charge in [0, 0.05) is 12.6 Å². The first-order valence-electron chi connectivity index (χ1n) is 6.33. The number of ether oxygens (including phenoxy) is 2. The molecular weight excluding hydrogens is 232 g/mol. The van der Waals surface area contributed by atoms with Gasteiger partial charge in [-0.2, -0.15) is 0 Å². The number of β-amino-alcohol motifs (C(OH)–C–C–N with tert-alkyl or cyclic N) is 1. The molecule has 5 nitrogen and oxygen atoms in total. The Morgan fingerprint density at radius 1 is 1.44 bits per heavy atom. The maximum absolute atomic E-state index is 9.76. The predicted molar refractivity (Wildman–Crippen MR) is 67.9 cm³/mol. The average molecular weight is 252 g/mol. The molecule has 1 saturated heterocycles. The molecule has 0 saturated carbocycles. The fraction of sp³-hybridized carbons (Fsp3) is 0.615. The van der Waals surface area contributed by atoms with Crippen molar-refractivity contribution in [2.24, 2.45) is 0 Å². The maximum Gasteiger partial charge on any atom is 0.213 e. The molecule has 2 heterocycles. The Bertz CT molecular complexity index is 367. The molecule has 1 fully saturated rings. The van der Waals surface area contributed by atoms with Crippen LogP contribution in [0.15, 0.2) is 18.3 Å². The van der Waals surface area contributed by atoms with Crippen molar-refractivity contribution in [3.05, 3.63) is 18.3 Å². The number of piperidine rings is 1. The molecule has 5 heteroatoms. The number of hydrogen-bond acceptors (Lipinski definition) is 5. The molecule has 2 rings (SSSR count). The third kappa shape index (κ3) is 3.58. The monoisotopic (exact) mass is 252 g/mol. The van der Waals surface area contributed by atoms with Crippen LogP contribution >= 0.6 is 0 Å². The highest BCUT2D eigenvalue weighted by atomic mass is 16.5. The Hall–Kier alpha value is -1.33. The van der Waals surface area contributed by atoms with Gasteiger partial charge < -0.3 is 19.9 Å². The molecule has 0 amide bonds. The Balaban J connectivity index is 1.93. The second-order valence-corrected chi connectivity index (χ2v) is 4.72. The van der Waals surface area contributed by atoms with Gasteiger partial charge in [-0.25, -0.2) is 4.98 Å². The van der Waals surface area contributed by atoms with Crippen molar-refractivity contribution < 1.29 is 14.6 Å². The van der Waals surface area contributed by atoms with Gasteiger partial charge in [0.1, 0.15) is 18.0 Å². The van der Waals surface area contributed by atoms with E-state index in [-0.39, 0.29) is 12.2 Å². The van der Waals surface area contributed by atoms with Crippen molar-refractivity contribution in [3.8, 4) is 11.6 Å². The molecule has 18 heavy (non-hydrogen) atoms. The van der Waals surface area contributed by atoms with E-state index >= 15 is 0 Å². The number of nitrogens with zero attached hydrogens (tertiary/aromatic N) is 1. The zero-order valence-electron chi connectivity index (χ0n) is 10.8. The highest BCUT2D eigenvalue weighted by Gasteiger charge is 2.24. The van der Waals surface area contributed by atoms with E-state index in [0.717, 1.165) is 18.7 Å². The van der Waals surface area contributed by atoms with Crippen LogP contribution in [0.1, 0.15) is 20.3 Å². The van der Waals surface area contributed by atoms with E-state index in [9.17, 15) is 5.11 Å². The number of rotatable bonds is 4. The van der Waals surface area contributed by atoms with Gasteiger partial charge in [0.2, 0.25) is 5.88 Å². The van der Waals surface area contributed by atoms with Crippen LogP contribution < -0.4 is 14.8 Å². The van der Waals surface area contributed by atoms with E-state index < -0.39 is 6.10 Å². The molecule has 1 aliphatic heterocycles. The van der Waals surface area contributed by atoms with E-state index in [1.54, 1.807) is 12.3 Å². The number of aliphatic hydroxyl groups is 1. The van der Waals surface area contributed by atoms with Gasteiger partial charge in [0.15, 0.2) is 0 Å². The van der Waals surface area contributed by atoms with Gasteiger partial charge in [-0.15, -0.1) is 0 Å². The number of aromatic nitrogens is 1. The summed E-state index contributed by atoms with van der Waals surface area (Å²) >= 11 is 0. The summed E-state index contributed by atoms with van der Waals surface area (Å²) in [6.07, 6.45) is 1.89. The summed E-state index contributed by atoms with van der Waals surface area (Å²) in [4.78, 5) is 4.18. The molecule has 1 aliphatic rings. The van der Waals surface area contributed by atoms with Gasteiger partial charge >= 0.3 is 0 Å². The molecular formula is C13H20N2O3. The molecule has 0 aromatic carbocycles. The molecule has 0 bridgehead atoms. The number of pyridine rings is 1. The van der Waals surface area contributed by atoms with Crippen molar-refractivity contribution in [3.63, 3.8) is 0 Å². The zero-order chi connectivity index (χ0) is 13.0. The van der Waals surface area contributed by atoms with Crippen LogP contribution in [-0.2, 0) is 0 Å². The summed E-state index contributed by atoms with van der Waals surface area (Å²) in [5.74, 6) is 1.25. The molecule has 1 aromatic rings. The fourth-order valence-electron chi connectivity index (χ4n) is 1.89. The van der Waals surface area contributed by atoms with Crippen molar-refractivity contribution in [2.75, 3.05) is 13.1 Å². The predicted octanol–water partition coefficient (Wildman–Crippen LogP) is 0.970. The van der Waals surface area contributed by atoms with Crippen LogP contribution in [0.2, 0.25) is 0 Å². The first-order chi connectivity index (χ1) is 8.65. The van der Waals surface area contributed by atoms with E-state index in [1.165, 1.54) is 0 Å². The van der Waals surface area contributed by atoms with E-state index in [2.05, 4.69) is 10.3 Å². The van der Waals surface area contributed by atoms with Gasteiger partial charge in [-0.3, -0.25) is 0 Å². The smallest absolute Gasteiger partial charge is 0.213 e. The van der Waals surface area contributed by atoms with Gasteiger partial charge in [0.25, 0.3) is 0 Å². The molecule has 2 unspecified atom stereocenters. The van der Waals surface area contributed by atoms with Crippen molar-refractivity contribution >= 4 is 0 Å². The fourth-order valence-corrected chi connectivity index (χ4v) is 1.89. The Morgan fingerprint density at radius 3 is 2.89 bits per heavy atom.